The standard InChI is InChI=1S/C35H38N2O6S2/c1-7-42-33(40)29-25(23-13-9-21(3)10-14-23)19-44-31(29)36-27(38)17-35(5,6)18-28(39)37-32-30(34(41)43-8-2)26(20-45-32)24-15-11-22(4)12-16-24/h9-16,19-20H,7-8,17-18H2,1-6H3,(H,36,38)(H,37,39). The number of rotatable bonds is 12. The minimum Gasteiger partial charge on any atom is -0.462 e. The van der Waals surface area contributed by atoms with E-state index >= 15 is 0 Å². The van der Waals surface area contributed by atoms with Crippen LogP contribution in [0.3, 0.4) is 0 Å². The molecule has 4 aromatic rings. The Hall–Kier alpha value is -4.28. The lowest BCUT2D eigenvalue weighted by Gasteiger charge is -2.23. The monoisotopic (exact) mass is 646 g/mol. The van der Waals surface area contributed by atoms with E-state index in [0.717, 1.165) is 22.3 Å². The number of thiophene rings is 2. The van der Waals surface area contributed by atoms with Crippen LogP contribution >= 0.6 is 22.7 Å². The van der Waals surface area contributed by atoms with E-state index in [1.807, 2.05) is 87.0 Å². The van der Waals surface area contributed by atoms with Crippen molar-refractivity contribution in [2.45, 2.75) is 54.4 Å². The molecule has 0 aliphatic rings. The Balaban J connectivity index is 1.48. The molecule has 2 N–H and O–H groups in total. The van der Waals surface area contributed by atoms with Gasteiger partial charge in [0.05, 0.1) is 13.2 Å². The first-order valence-electron chi connectivity index (χ1n) is 14.7. The summed E-state index contributed by atoms with van der Waals surface area (Å²) in [7, 11) is 0. The number of carbonyl (C=O) groups excluding carboxylic acids is 4. The van der Waals surface area contributed by atoms with Gasteiger partial charge in [0.2, 0.25) is 11.8 Å². The largest absolute Gasteiger partial charge is 0.462 e. The molecule has 4 rings (SSSR count). The second-order valence-electron chi connectivity index (χ2n) is 11.5. The highest BCUT2D eigenvalue weighted by Gasteiger charge is 2.30. The van der Waals surface area contributed by atoms with Crippen LogP contribution in [0.15, 0.2) is 59.3 Å². The maximum atomic E-state index is 13.2. The fourth-order valence-corrected chi connectivity index (χ4v) is 6.82. The summed E-state index contributed by atoms with van der Waals surface area (Å²) in [6, 6.07) is 15.6. The Morgan fingerprint density at radius 1 is 0.644 bits per heavy atom. The molecule has 8 nitrogen and oxygen atoms in total. The molecule has 2 heterocycles. The van der Waals surface area contributed by atoms with Crippen molar-refractivity contribution in [1.82, 2.24) is 0 Å². The molecule has 0 bridgehead atoms. The third kappa shape index (κ3) is 8.46. The second-order valence-corrected chi connectivity index (χ2v) is 13.3. The zero-order chi connectivity index (χ0) is 32.7. The summed E-state index contributed by atoms with van der Waals surface area (Å²) in [6.45, 7) is 11.5. The highest BCUT2D eigenvalue weighted by atomic mass is 32.1. The Kier molecular flexibility index (Phi) is 11.0. The average molecular weight is 647 g/mol. The lowest BCUT2D eigenvalue weighted by atomic mass is 9.85. The van der Waals surface area contributed by atoms with Gasteiger partial charge in [-0.15, -0.1) is 22.7 Å². The number of carbonyl (C=O) groups is 4. The van der Waals surface area contributed by atoms with Crippen LogP contribution in [0, 0.1) is 19.3 Å². The molecule has 0 saturated carbocycles. The van der Waals surface area contributed by atoms with Crippen molar-refractivity contribution < 1.29 is 28.7 Å². The van der Waals surface area contributed by atoms with Crippen molar-refractivity contribution in [1.29, 1.82) is 0 Å². The topological polar surface area (TPSA) is 111 Å². The smallest absolute Gasteiger partial charge is 0.341 e. The van der Waals surface area contributed by atoms with Crippen molar-refractivity contribution in [3.8, 4) is 22.3 Å². The molecule has 0 atom stereocenters. The quantitative estimate of drug-likeness (QED) is 0.149. The Bertz CT molecular complexity index is 1560. The van der Waals surface area contributed by atoms with E-state index in [1.54, 1.807) is 13.8 Å². The number of amides is 2. The molecule has 0 spiro atoms. The number of anilines is 2. The number of aryl methyl sites for hydroxylation is 2. The molecule has 0 saturated heterocycles. The first-order valence-corrected chi connectivity index (χ1v) is 16.5. The highest BCUT2D eigenvalue weighted by Crippen LogP contribution is 2.39. The summed E-state index contributed by atoms with van der Waals surface area (Å²) in [4.78, 5) is 52.4. The molecule has 2 amide bonds. The summed E-state index contributed by atoms with van der Waals surface area (Å²) in [6.07, 6.45) is 0.0362. The molecule has 236 valence electrons. The van der Waals surface area contributed by atoms with E-state index in [9.17, 15) is 19.2 Å². The molecule has 0 radical (unpaired) electrons. The fraction of sp³-hybridized carbons (Fsp3) is 0.314. The maximum absolute atomic E-state index is 13.2. The van der Waals surface area contributed by atoms with Crippen LogP contribution in [0.5, 0.6) is 0 Å². The summed E-state index contributed by atoms with van der Waals surface area (Å²) in [5, 5.41) is 10.2. The number of hydrogen-bond acceptors (Lipinski definition) is 8. The fourth-order valence-electron chi connectivity index (χ4n) is 4.88. The minimum absolute atomic E-state index is 0.0181. The van der Waals surface area contributed by atoms with Gasteiger partial charge in [-0.05, 0) is 44.2 Å². The van der Waals surface area contributed by atoms with E-state index in [0.29, 0.717) is 32.3 Å². The van der Waals surface area contributed by atoms with Crippen LogP contribution < -0.4 is 10.6 Å². The van der Waals surface area contributed by atoms with Gasteiger partial charge in [0.25, 0.3) is 0 Å². The molecular formula is C35H38N2O6S2. The molecule has 2 aromatic carbocycles. The summed E-state index contributed by atoms with van der Waals surface area (Å²) in [5.41, 5.74) is 5.13. The van der Waals surface area contributed by atoms with E-state index < -0.39 is 17.4 Å². The van der Waals surface area contributed by atoms with Crippen LogP contribution in [0.1, 0.15) is 72.4 Å². The van der Waals surface area contributed by atoms with Crippen LogP contribution in [0.4, 0.5) is 10.0 Å². The number of hydrogen-bond donors (Lipinski definition) is 2. The van der Waals surface area contributed by atoms with Crippen molar-refractivity contribution >= 4 is 56.4 Å². The van der Waals surface area contributed by atoms with Gasteiger partial charge in [-0.25, -0.2) is 9.59 Å². The van der Waals surface area contributed by atoms with E-state index in [-0.39, 0.29) is 37.9 Å². The lowest BCUT2D eigenvalue weighted by Crippen LogP contribution is -2.27. The third-order valence-electron chi connectivity index (χ3n) is 7.05. The average Bonchev–Trinajstić information content (AvgIpc) is 3.57. The molecule has 45 heavy (non-hydrogen) atoms. The van der Waals surface area contributed by atoms with Crippen LogP contribution in [0.2, 0.25) is 0 Å². The second kappa shape index (κ2) is 14.7. The van der Waals surface area contributed by atoms with Gasteiger partial charge in [-0.3, -0.25) is 9.59 Å². The predicted molar refractivity (Wildman–Crippen MR) is 181 cm³/mol. The molecule has 0 aliphatic carbocycles. The summed E-state index contributed by atoms with van der Waals surface area (Å²) < 4.78 is 10.6. The Morgan fingerprint density at radius 2 is 1.00 bits per heavy atom. The van der Waals surface area contributed by atoms with Crippen LogP contribution in [-0.2, 0) is 19.1 Å². The number of ether oxygens (including phenoxy) is 2. The van der Waals surface area contributed by atoms with Gasteiger partial charge < -0.3 is 20.1 Å². The van der Waals surface area contributed by atoms with Gasteiger partial charge in [0.15, 0.2) is 0 Å². The number of esters is 2. The molecular weight excluding hydrogens is 609 g/mol. The summed E-state index contributed by atoms with van der Waals surface area (Å²) >= 11 is 2.51. The van der Waals surface area contributed by atoms with Crippen molar-refractivity contribution in [3.63, 3.8) is 0 Å². The Labute approximate surface area is 271 Å². The Morgan fingerprint density at radius 3 is 1.33 bits per heavy atom. The van der Waals surface area contributed by atoms with Gasteiger partial charge in [0.1, 0.15) is 21.1 Å². The minimum atomic E-state index is -0.740. The third-order valence-corrected chi connectivity index (χ3v) is 8.84. The van der Waals surface area contributed by atoms with Crippen LogP contribution in [-0.4, -0.2) is 37.0 Å². The number of nitrogens with one attached hydrogen (secondary N) is 2. The highest BCUT2D eigenvalue weighted by molar-refractivity contribution is 7.15. The van der Waals surface area contributed by atoms with Gasteiger partial charge >= 0.3 is 11.9 Å². The molecule has 2 aromatic heterocycles. The SMILES string of the molecule is CCOC(=O)c1c(-c2ccc(C)cc2)csc1NC(=O)CC(C)(C)CC(=O)Nc1scc(-c2ccc(C)cc2)c1C(=O)OCC. The van der Waals surface area contributed by atoms with E-state index in [2.05, 4.69) is 10.6 Å². The van der Waals surface area contributed by atoms with Gasteiger partial charge in [-0.2, -0.15) is 0 Å². The van der Waals surface area contributed by atoms with Crippen LogP contribution in [0.25, 0.3) is 22.3 Å². The lowest BCUT2D eigenvalue weighted by molar-refractivity contribution is -0.120. The zero-order valence-corrected chi connectivity index (χ0v) is 28.0. The van der Waals surface area contributed by atoms with Crippen molar-refractivity contribution in [3.05, 3.63) is 81.5 Å². The molecule has 0 unspecified atom stereocenters. The first kappa shape index (κ1) is 33.6. The maximum Gasteiger partial charge on any atom is 0.341 e. The first-order chi connectivity index (χ1) is 21.4. The normalized spacial score (nSPS) is 11.2. The van der Waals surface area contributed by atoms with E-state index in [1.165, 1.54) is 22.7 Å². The van der Waals surface area contributed by atoms with Gasteiger partial charge in [0, 0.05) is 34.7 Å². The number of benzene rings is 2. The summed E-state index contributed by atoms with van der Waals surface area (Å²) in [5.74, 6) is -1.69. The zero-order valence-electron chi connectivity index (χ0n) is 26.4. The molecule has 0 fully saturated rings. The van der Waals surface area contributed by atoms with Gasteiger partial charge in [-0.1, -0.05) is 73.5 Å². The van der Waals surface area contributed by atoms with Crippen molar-refractivity contribution in [2.75, 3.05) is 23.8 Å². The van der Waals surface area contributed by atoms with E-state index in [4.69, 9.17) is 9.47 Å². The molecule has 10 heteroatoms. The molecule has 0 aliphatic heterocycles. The predicted octanol–water partition coefficient (Wildman–Crippen LogP) is 8.50. The van der Waals surface area contributed by atoms with Crippen molar-refractivity contribution in [2.24, 2.45) is 5.41 Å².